The minimum Gasteiger partial charge on any atom is -0.477 e. The van der Waals surface area contributed by atoms with Crippen LogP contribution in [-0.4, -0.2) is 61.9 Å². The lowest BCUT2D eigenvalue weighted by molar-refractivity contribution is 0.0698. The molecule has 0 aliphatic carbocycles. The molecule has 1 atom stereocenters. The van der Waals surface area contributed by atoms with Crippen LogP contribution in [-0.2, 0) is 10.0 Å². The molecule has 1 heterocycles. The van der Waals surface area contributed by atoms with E-state index in [0.717, 1.165) is 11.3 Å². The Morgan fingerprint density at radius 2 is 2.05 bits per heavy atom. The molecular formula is C12H20N2O4S2. The molecule has 0 aromatic carbocycles. The minimum atomic E-state index is -3.79. The lowest BCUT2D eigenvalue weighted by Gasteiger charge is -2.29. The van der Waals surface area contributed by atoms with Gasteiger partial charge in [0.2, 0.25) is 10.0 Å². The molecule has 0 aliphatic rings. The third-order valence-electron chi connectivity index (χ3n) is 2.84. The Kier molecular flexibility index (Phi) is 5.69. The molecule has 1 unspecified atom stereocenters. The molecule has 0 saturated carbocycles. The number of nitrogens with zero attached hydrogens (tertiary/aromatic N) is 2. The number of thiophene rings is 1. The van der Waals surface area contributed by atoms with Crippen molar-refractivity contribution in [2.75, 3.05) is 27.2 Å². The van der Waals surface area contributed by atoms with E-state index in [1.165, 1.54) is 15.8 Å². The molecule has 0 fully saturated rings. The largest absolute Gasteiger partial charge is 0.477 e. The van der Waals surface area contributed by atoms with Gasteiger partial charge in [-0.25, -0.2) is 13.2 Å². The second-order valence-electron chi connectivity index (χ2n) is 4.74. The molecule has 8 heteroatoms. The van der Waals surface area contributed by atoms with Gasteiger partial charge in [0, 0.05) is 19.1 Å². The van der Waals surface area contributed by atoms with E-state index >= 15 is 0 Å². The van der Waals surface area contributed by atoms with Crippen LogP contribution >= 0.6 is 11.3 Å². The van der Waals surface area contributed by atoms with Crippen molar-refractivity contribution in [2.45, 2.75) is 24.8 Å². The molecule has 1 aromatic rings. The van der Waals surface area contributed by atoms with E-state index in [-0.39, 0.29) is 15.8 Å². The van der Waals surface area contributed by atoms with Gasteiger partial charge in [-0.05, 0) is 32.5 Å². The average molecular weight is 320 g/mol. The van der Waals surface area contributed by atoms with Crippen LogP contribution in [0, 0.1) is 0 Å². The Morgan fingerprint density at radius 3 is 2.50 bits per heavy atom. The fourth-order valence-electron chi connectivity index (χ4n) is 2.12. The van der Waals surface area contributed by atoms with Crippen molar-refractivity contribution < 1.29 is 18.3 Å². The fourth-order valence-corrected chi connectivity index (χ4v) is 4.99. The average Bonchev–Trinajstić information content (AvgIpc) is 2.77. The van der Waals surface area contributed by atoms with Crippen LogP contribution in [0.25, 0.3) is 0 Å². The molecule has 1 rings (SSSR count). The number of sulfonamides is 1. The lowest BCUT2D eigenvalue weighted by atomic mass is 10.3. The topological polar surface area (TPSA) is 77.9 Å². The normalized spacial score (nSPS) is 13.9. The zero-order chi connectivity index (χ0) is 15.5. The summed E-state index contributed by atoms with van der Waals surface area (Å²) >= 11 is 0.922. The van der Waals surface area contributed by atoms with Gasteiger partial charge in [0.1, 0.15) is 9.77 Å². The van der Waals surface area contributed by atoms with Crippen molar-refractivity contribution in [1.82, 2.24) is 9.21 Å². The first kappa shape index (κ1) is 17.1. The van der Waals surface area contributed by atoms with E-state index in [4.69, 9.17) is 5.11 Å². The van der Waals surface area contributed by atoms with Crippen LogP contribution < -0.4 is 0 Å². The van der Waals surface area contributed by atoms with Crippen molar-refractivity contribution in [3.63, 3.8) is 0 Å². The number of carbonyl (C=O) groups is 1. The number of carboxylic acids is 1. The van der Waals surface area contributed by atoms with Crippen LogP contribution in [0.1, 0.15) is 23.5 Å². The maximum absolute atomic E-state index is 12.6. The highest BCUT2D eigenvalue weighted by molar-refractivity contribution is 7.89. The molecular weight excluding hydrogens is 300 g/mol. The molecule has 1 N–H and O–H groups in total. The summed E-state index contributed by atoms with van der Waals surface area (Å²) < 4.78 is 26.6. The summed E-state index contributed by atoms with van der Waals surface area (Å²) in [5.74, 6) is -1.21. The van der Waals surface area contributed by atoms with E-state index in [0.29, 0.717) is 13.1 Å². The summed E-state index contributed by atoms with van der Waals surface area (Å²) in [6.45, 7) is 4.43. The Bertz CT molecular complexity index is 566. The second kappa shape index (κ2) is 6.66. The zero-order valence-electron chi connectivity index (χ0n) is 12.0. The molecule has 20 heavy (non-hydrogen) atoms. The van der Waals surface area contributed by atoms with Gasteiger partial charge in [-0.2, -0.15) is 4.31 Å². The third-order valence-corrected chi connectivity index (χ3v) is 6.01. The highest BCUT2D eigenvalue weighted by Gasteiger charge is 2.32. The molecule has 0 aliphatic heterocycles. The highest BCUT2D eigenvalue weighted by Crippen LogP contribution is 2.26. The van der Waals surface area contributed by atoms with E-state index in [1.807, 2.05) is 25.9 Å². The van der Waals surface area contributed by atoms with E-state index in [1.54, 1.807) is 6.92 Å². The highest BCUT2D eigenvalue weighted by atomic mass is 32.2. The van der Waals surface area contributed by atoms with Crippen molar-refractivity contribution in [3.05, 3.63) is 16.3 Å². The first-order valence-corrected chi connectivity index (χ1v) is 8.51. The van der Waals surface area contributed by atoms with Crippen molar-refractivity contribution in [2.24, 2.45) is 0 Å². The lowest BCUT2D eigenvalue weighted by Crippen LogP contribution is -2.43. The van der Waals surface area contributed by atoms with Crippen LogP contribution in [0.5, 0.6) is 0 Å². The molecule has 0 bridgehead atoms. The van der Waals surface area contributed by atoms with Gasteiger partial charge >= 0.3 is 5.97 Å². The number of hydrogen-bond donors (Lipinski definition) is 1. The van der Waals surface area contributed by atoms with Gasteiger partial charge in [0.25, 0.3) is 0 Å². The monoisotopic (exact) mass is 320 g/mol. The molecule has 0 spiro atoms. The summed E-state index contributed by atoms with van der Waals surface area (Å²) in [7, 11) is -0.0615. The van der Waals surface area contributed by atoms with Crippen molar-refractivity contribution in [1.29, 1.82) is 0 Å². The van der Waals surface area contributed by atoms with Crippen LogP contribution in [0.3, 0.4) is 0 Å². The van der Waals surface area contributed by atoms with E-state index in [9.17, 15) is 13.2 Å². The second-order valence-corrected chi connectivity index (χ2v) is 7.51. The summed E-state index contributed by atoms with van der Waals surface area (Å²) in [5, 5.41) is 10.6. The van der Waals surface area contributed by atoms with Gasteiger partial charge < -0.3 is 10.0 Å². The summed E-state index contributed by atoms with van der Waals surface area (Å²) in [6.07, 6.45) is 0. The quantitative estimate of drug-likeness (QED) is 0.822. The van der Waals surface area contributed by atoms with Crippen molar-refractivity contribution >= 4 is 27.3 Å². The molecule has 0 radical (unpaired) electrons. The Labute approximate surface area is 123 Å². The van der Waals surface area contributed by atoms with E-state index in [2.05, 4.69) is 0 Å². The molecule has 0 saturated heterocycles. The van der Waals surface area contributed by atoms with Gasteiger partial charge in [-0.1, -0.05) is 6.92 Å². The maximum atomic E-state index is 12.6. The van der Waals surface area contributed by atoms with Gasteiger partial charge in [0.05, 0.1) is 0 Å². The van der Waals surface area contributed by atoms with Gasteiger partial charge in [-0.15, -0.1) is 11.3 Å². The zero-order valence-corrected chi connectivity index (χ0v) is 13.7. The SMILES string of the molecule is CCN(C(C)CN(C)C)S(=O)(=O)c1ccsc1C(=O)O. The maximum Gasteiger partial charge on any atom is 0.347 e. The Hall–Kier alpha value is -0.960. The van der Waals surface area contributed by atoms with E-state index < -0.39 is 16.0 Å². The standard InChI is InChI=1S/C12H20N2O4S2/c1-5-14(9(2)8-13(3)4)20(17,18)10-6-7-19-11(10)12(15)16/h6-7,9H,5,8H2,1-4H3,(H,15,16). The number of likely N-dealkylation sites (N-methyl/N-ethyl adjacent to an activating group) is 2. The predicted octanol–water partition coefficient (Wildman–Crippen LogP) is 1.41. The first-order valence-electron chi connectivity index (χ1n) is 6.19. The van der Waals surface area contributed by atoms with Crippen molar-refractivity contribution in [3.8, 4) is 0 Å². The van der Waals surface area contributed by atoms with Crippen LogP contribution in [0.2, 0.25) is 0 Å². The Balaban J connectivity index is 3.18. The van der Waals surface area contributed by atoms with Gasteiger partial charge in [0.15, 0.2) is 0 Å². The number of rotatable bonds is 7. The first-order chi connectivity index (χ1) is 9.21. The minimum absolute atomic E-state index is 0.123. The van der Waals surface area contributed by atoms with Gasteiger partial charge in [-0.3, -0.25) is 0 Å². The number of aromatic carboxylic acids is 1. The summed E-state index contributed by atoms with van der Waals surface area (Å²) in [4.78, 5) is 12.7. The summed E-state index contributed by atoms with van der Waals surface area (Å²) in [6, 6.07) is 1.12. The molecule has 114 valence electrons. The number of carboxylic acid groups (broad SMARTS) is 1. The molecule has 1 aromatic heterocycles. The molecule has 0 amide bonds. The predicted molar refractivity (Wildman–Crippen MR) is 78.9 cm³/mol. The molecule has 6 nitrogen and oxygen atoms in total. The number of hydrogen-bond acceptors (Lipinski definition) is 5. The van der Waals surface area contributed by atoms with Crippen LogP contribution in [0.4, 0.5) is 0 Å². The Morgan fingerprint density at radius 1 is 1.45 bits per heavy atom. The summed E-state index contributed by atoms with van der Waals surface area (Å²) in [5.41, 5.74) is 0. The smallest absolute Gasteiger partial charge is 0.347 e. The third kappa shape index (κ3) is 3.57. The fraction of sp³-hybridized carbons (Fsp3) is 0.583. The van der Waals surface area contributed by atoms with Crippen LogP contribution in [0.15, 0.2) is 16.3 Å².